The Morgan fingerprint density at radius 3 is 2.78 bits per heavy atom. The lowest BCUT2D eigenvalue weighted by Crippen LogP contribution is -2.24. The van der Waals surface area contributed by atoms with Crippen molar-refractivity contribution in [2.75, 3.05) is 13.7 Å². The summed E-state index contributed by atoms with van der Waals surface area (Å²) < 4.78 is 5.17. The lowest BCUT2D eigenvalue weighted by Gasteiger charge is -2.09. The van der Waals surface area contributed by atoms with E-state index in [-0.39, 0.29) is 5.78 Å². The van der Waals surface area contributed by atoms with Gasteiger partial charge in [-0.1, -0.05) is 25.4 Å². The summed E-state index contributed by atoms with van der Waals surface area (Å²) in [5.74, 6) is 0.654. The Bertz CT molecular complexity index is 405. The van der Waals surface area contributed by atoms with E-state index in [0.717, 1.165) is 13.0 Å². The van der Waals surface area contributed by atoms with E-state index in [1.54, 1.807) is 25.3 Å². The second-order valence-electron chi connectivity index (χ2n) is 4.48. The highest BCUT2D eigenvalue weighted by molar-refractivity contribution is 6.31. The van der Waals surface area contributed by atoms with Crippen LogP contribution in [0.15, 0.2) is 18.2 Å². The van der Waals surface area contributed by atoms with Gasteiger partial charge >= 0.3 is 0 Å². The fraction of sp³-hybridized carbons (Fsp3) is 0.500. The molecular weight excluding hydrogens is 250 g/mol. The number of ether oxygens (including phenoxy) is 1. The molecule has 4 heteroatoms. The molecule has 3 nitrogen and oxygen atoms in total. The first-order valence-corrected chi connectivity index (χ1v) is 6.52. The van der Waals surface area contributed by atoms with Crippen LogP contribution in [0.4, 0.5) is 0 Å². The molecule has 1 aromatic carbocycles. The predicted molar refractivity (Wildman–Crippen MR) is 74.7 cm³/mol. The van der Waals surface area contributed by atoms with Gasteiger partial charge in [-0.3, -0.25) is 4.79 Å². The Morgan fingerprint density at radius 1 is 1.44 bits per heavy atom. The molecule has 1 aromatic rings. The molecule has 0 atom stereocenters. The first-order valence-electron chi connectivity index (χ1n) is 6.14. The third kappa shape index (κ3) is 4.67. The van der Waals surface area contributed by atoms with E-state index < -0.39 is 0 Å². The van der Waals surface area contributed by atoms with Crippen LogP contribution in [0, 0.1) is 0 Å². The number of carbonyl (C=O) groups excluding carboxylic acids is 1. The van der Waals surface area contributed by atoms with Gasteiger partial charge in [0.1, 0.15) is 5.75 Å². The summed E-state index contributed by atoms with van der Waals surface area (Å²) in [6.07, 6.45) is 1.31. The monoisotopic (exact) mass is 269 g/mol. The Labute approximate surface area is 113 Å². The highest BCUT2D eigenvalue weighted by Gasteiger charge is 2.12. The molecule has 0 heterocycles. The number of hydrogen-bond donors (Lipinski definition) is 1. The zero-order chi connectivity index (χ0) is 13.5. The van der Waals surface area contributed by atoms with E-state index in [9.17, 15) is 4.79 Å². The maximum atomic E-state index is 12.1. The number of methoxy groups -OCH3 is 1. The van der Waals surface area contributed by atoms with Gasteiger partial charge in [0.05, 0.1) is 12.7 Å². The van der Waals surface area contributed by atoms with Crippen LogP contribution < -0.4 is 10.1 Å². The Kier molecular flexibility index (Phi) is 6.16. The van der Waals surface area contributed by atoms with Crippen LogP contribution >= 0.6 is 11.6 Å². The maximum absolute atomic E-state index is 12.1. The highest BCUT2D eigenvalue weighted by atomic mass is 35.5. The predicted octanol–water partition coefficient (Wildman–Crippen LogP) is 3.31. The summed E-state index contributed by atoms with van der Waals surface area (Å²) >= 11 is 5.90. The fourth-order valence-electron chi connectivity index (χ4n) is 1.67. The smallest absolute Gasteiger partial charge is 0.166 e. The van der Waals surface area contributed by atoms with Gasteiger partial charge in [0.25, 0.3) is 0 Å². The quantitative estimate of drug-likeness (QED) is 0.610. The van der Waals surface area contributed by atoms with Crippen molar-refractivity contribution in [3.05, 3.63) is 28.8 Å². The number of ketones is 1. The molecular formula is C14H20ClNO2. The van der Waals surface area contributed by atoms with Crippen molar-refractivity contribution in [1.82, 2.24) is 5.32 Å². The van der Waals surface area contributed by atoms with E-state index >= 15 is 0 Å². The van der Waals surface area contributed by atoms with Crippen molar-refractivity contribution in [2.45, 2.75) is 32.7 Å². The van der Waals surface area contributed by atoms with Gasteiger partial charge in [-0.05, 0) is 31.2 Å². The number of benzene rings is 1. The SMILES string of the molecule is COc1ccc(Cl)cc1C(=O)CCCNC(C)C. The summed E-state index contributed by atoms with van der Waals surface area (Å²) in [5.41, 5.74) is 0.564. The molecule has 0 saturated carbocycles. The second kappa shape index (κ2) is 7.39. The molecule has 0 aromatic heterocycles. The summed E-state index contributed by atoms with van der Waals surface area (Å²) in [7, 11) is 1.56. The fourth-order valence-corrected chi connectivity index (χ4v) is 1.84. The summed E-state index contributed by atoms with van der Waals surface area (Å²) in [4.78, 5) is 12.1. The van der Waals surface area contributed by atoms with Crippen molar-refractivity contribution >= 4 is 17.4 Å². The normalized spacial score (nSPS) is 10.7. The number of hydrogen-bond acceptors (Lipinski definition) is 3. The minimum atomic E-state index is 0.0694. The van der Waals surface area contributed by atoms with Crippen LogP contribution in [0.2, 0.25) is 5.02 Å². The van der Waals surface area contributed by atoms with Gasteiger partial charge < -0.3 is 10.1 Å². The molecule has 1 rings (SSSR count). The zero-order valence-corrected chi connectivity index (χ0v) is 11.9. The molecule has 18 heavy (non-hydrogen) atoms. The number of halogens is 1. The molecule has 0 radical (unpaired) electrons. The Morgan fingerprint density at radius 2 is 2.17 bits per heavy atom. The van der Waals surface area contributed by atoms with Crippen LogP contribution in [-0.2, 0) is 0 Å². The van der Waals surface area contributed by atoms with Crippen molar-refractivity contribution in [1.29, 1.82) is 0 Å². The van der Waals surface area contributed by atoms with Crippen LogP contribution in [0.1, 0.15) is 37.0 Å². The molecule has 0 bridgehead atoms. The highest BCUT2D eigenvalue weighted by Crippen LogP contribution is 2.24. The van der Waals surface area contributed by atoms with Crippen molar-refractivity contribution in [2.24, 2.45) is 0 Å². The summed E-state index contributed by atoms with van der Waals surface area (Å²) in [6.45, 7) is 5.01. The number of rotatable bonds is 7. The minimum Gasteiger partial charge on any atom is -0.496 e. The van der Waals surface area contributed by atoms with Crippen LogP contribution in [0.25, 0.3) is 0 Å². The molecule has 0 aliphatic rings. The van der Waals surface area contributed by atoms with E-state index in [0.29, 0.717) is 28.8 Å². The van der Waals surface area contributed by atoms with Gasteiger partial charge in [-0.25, -0.2) is 0 Å². The van der Waals surface area contributed by atoms with E-state index in [4.69, 9.17) is 16.3 Å². The second-order valence-corrected chi connectivity index (χ2v) is 4.92. The Hall–Kier alpha value is -1.06. The van der Waals surface area contributed by atoms with E-state index in [2.05, 4.69) is 19.2 Å². The number of carbonyl (C=O) groups is 1. The molecule has 0 aliphatic heterocycles. The molecule has 1 N–H and O–H groups in total. The molecule has 0 spiro atoms. The molecule has 0 unspecified atom stereocenters. The number of Topliss-reactive ketones (excluding diaryl/α,β-unsaturated/α-hetero) is 1. The van der Waals surface area contributed by atoms with E-state index in [1.807, 2.05) is 0 Å². The lowest BCUT2D eigenvalue weighted by atomic mass is 10.1. The Balaban J connectivity index is 2.58. The van der Waals surface area contributed by atoms with Gasteiger partial charge in [-0.2, -0.15) is 0 Å². The molecule has 0 aliphatic carbocycles. The van der Waals surface area contributed by atoms with Crippen molar-refractivity contribution < 1.29 is 9.53 Å². The average molecular weight is 270 g/mol. The molecule has 0 saturated heterocycles. The summed E-state index contributed by atoms with van der Waals surface area (Å²) in [5, 5.41) is 3.84. The average Bonchev–Trinajstić information content (AvgIpc) is 2.34. The van der Waals surface area contributed by atoms with Gasteiger partial charge in [-0.15, -0.1) is 0 Å². The van der Waals surface area contributed by atoms with Gasteiger partial charge in [0.2, 0.25) is 0 Å². The molecule has 0 amide bonds. The molecule has 100 valence electrons. The van der Waals surface area contributed by atoms with Gasteiger partial charge in [0, 0.05) is 17.5 Å². The van der Waals surface area contributed by atoms with Crippen LogP contribution in [0.3, 0.4) is 0 Å². The number of nitrogens with one attached hydrogen (secondary N) is 1. The topological polar surface area (TPSA) is 38.3 Å². The zero-order valence-electron chi connectivity index (χ0n) is 11.1. The third-order valence-electron chi connectivity index (χ3n) is 2.60. The van der Waals surface area contributed by atoms with Crippen LogP contribution in [0.5, 0.6) is 5.75 Å². The lowest BCUT2D eigenvalue weighted by molar-refractivity contribution is 0.0977. The minimum absolute atomic E-state index is 0.0694. The first-order chi connectivity index (χ1) is 8.54. The third-order valence-corrected chi connectivity index (χ3v) is 2.83. The van der Waals surface area contributed by atoms with Crippen LogP contribution in [-0.4, -0.2) is 25.5 Å². The van der Waals surface area contributed by atoms with Crippen molar-refractivity contribution in [3.8, 4) is 5.75 Å². The molecule has 0 fully saturated rings. The van der Waals surface area contributed by atoms with Crippen molar-refractivity contribution in [3.63, 3.8) is 0 Å². The largest absolute Gasteiger partial charge is 0.496 e. The maximum Gasteiger partial charge on any atom is 0.166 e. The summed E-state index contributed by atoms with van der Waals surface area (Å²) in [6, 6.07) is 5.55. The first kappa shape index (κ1) is 15.0. The van der Waals surface area contributed by atoms with Gasteiger partial charge in [0.15, 0.2) is 5.78 Å². The van der Waals surface area contributed by atoms with E-state index in [1.165, 1.54) is 0 Å². The standard InChI is InChI=1S/C14H20ClNO2/c1-10(2)16-8-4-5-13(17)12-9-11(15)6-7-14(12)18-3/h6-7,9-10,16H,4-5,8H2,1-3H3.